The number of nitrogens with zero attached hydrogens (tertiary/aromatic N) is 2. The Kier molecular flexibility index (Phi) is 20.0. The molecular weight excluding hydrogens is 906 g/mol. The quantitative estimate of drug-likeness (QED) is 0.0751. The van der Waals surface area contributed by atoms with Crippen molar-refractivity contribution >= 4 is 53.0 Å². The molecule has 1 aromatic carbocycles. The number of alkyl carbamates (subject to hydrolysis) is 1. The fraction of sp³-hybridized carbons (Fsp3) is 0.667. The first-order valence-electron chi connectivity index (χ1n) is 23.0. The molecule has 1 aromatic rings. The molecule has 380 valence electrons. The highest BCUT2D eigenvalue weighted by molar-refractivity contribution is 6.34. The number of ether oxygens (including phenoxy) is 7. The van der Waals surface area contributed by atoms with E-state index in [9.17, 15) is 33.9 Å². The van der Waals surface area contributed by atoms with E-state index in [1.165, 1.54) is 30.9 Å². The number of aliphatic hydroxyl groups is 1. The zero-order chi connectivity index (χ0) is 50.7. The minimum absolute atomic E-state index is 0.0190. The van der Waals surface area contributed by atoms with E-state index in [0.717, 1.165) is 16.7 Å². The van der Waals surface area contributed by atoms with Crippen LogP contribution in [0.2, 0.25) is 5.02 Å². The third kappa shape index (κ3) is 15.4. The number of rotatable bonds is 17. The van der Waals surface area contributed by atoms with E-state index in [4.69, 9.17) is 50.5 Å². The van der Waals surface area contributed by atoms with Gasteiger partial charge in [0.05, 0.1) is 62.1 Å². The minimum atomic E-state index is -1.85. The number of anilines is 1. The number of carbonyl (C=O) groups excluding carboxylic acids is 6. The van der Waals surface area contributed by atoms with Crippen molar-refractivity contribution in [3.05, 3.63) is 52.1 Å². The van der Waals surface area contributed by atoms with E-state index in [-0.39, 0.29) is 65.1 Å². The maximum atomic E-state index is 14.2. The van der Waals surface area contributed by atoms with Crippen molar-refractivity contribution in [3.8, 4) is 0 Å². The Labute approximate surface area is 404 Å². The van der Waals surface area contributed by atoms with Crippen molar-refractivity contribution < 1.29 is 67.0 Å². The van der Waals surface area contributed by atoms with Crippen LogP contribution in [0.25, 0.3) is 0 Å². The lowest BCUT2D eigenvalue weighted by atomic mass is 9.83. The molecule has 0 aliphatic carbocycles. The van der Waals surface area contributed by atoms with Gasteiger partial charge in [0.15, 0.2) is 5.72 Å². The van der Waals surface area contributed by atoms with Gasteiger partial charge in [-0.25, -0.2) is 9.59 Å². The Morgan fingerprint density at radius 2 is 1.78 bits per heavy atom. The Morgan fingerprint density at radius 1 is 1.10 bits per heavy atom. The van der Waals surface area contributed by atoms with E-state index in [0.29, 0.717) is 17.1 Å². The van der Waals surface area contributed by atoms with Crippen molar-refractivity contribution in [1.29, 1.82) is 0 Å². The van der Waals surface area contributed by atoms with E-state index in [1.54, 1.807) is 53.8 Å². The number of allylic oxidation sites excluding steroid dienone is 3. The summed E-state index contributed by atoms with van der Waals surface area (Å²) >= 11 is 6.80. The number of hydrogen-bond donors (Lipinski definition) is 4. The van der Waals surface area contributed by atoms with Crippen LogP contribution in [0.1, 0.15) is 91.7 Å². The van der Waals surface area contributed by atoms with E-state index in [1.807, 2.05) is 32.1 Å². The first-order chi connectivity index (χ1) is 31.8. The first-order valence-corrected chi connectivity index (χ1v) is 23.4. The van der Waals surface area contributed by atoms with Crippen LogP contribution in [0.15, 0.2) is 35.9 Å². The fourth-order valence-electron chi connectivity index (χ4n) is 8.09. The summed E-state index contributed by atoms with van der Waals surface area (Å²) in [6, 6.07) is 1.81. The van der Waals surface area contributed by atoms with Crippen LogP contribution in [-0.4, -0.2) is 153 Å². The number of epoxide rings is 1. The van der Waals surface area contributed by atoms with Gasteiger partial charge >= 0.3 is 18.0 Å². The van der Waals surface area contributed by atoms with Gasteiger partial charge in [0.1, 0.15) is 35.6 Å². The molecule has 3 heterocycles. The molecule has 4 amide bonds. The molecule has 68 heavy (non-hydrogen) atoms. The maximum absolute atomic E-state index is 14.2. The molecule has 0 radical (unpaired) electrons. The molecule has 4 bridgehead atoms. The monoisotopic (exact) mass is 977 g/mol. The number of likely N-dealkylation sites (N-methyl/N-ethyl adjacent to an activating group) is 1. The molecule has 20 heteroatoms. The van der Waals surface area contributed by atoms with Gasteiger partial charge in [0, 0.05) is 46.5 Å². The first kappa shape index (κ1) is 56.0. The average molecular weight is 979 g/mol. The third-order valence-corrected chi connectivity index (χ3v) is 12.8. The largest absolute Gasteiger partial charge is 0.460 e. The molecule has 0 saturated carbocycles. The Bertz CT molecular complexity index is 2040. The topological polar surface area (TPSA) is 247 Å². The summed E-state index contributed by atoms with van der Waals surface area (Å²) in [6.45, 7) is 14.8. The van der Waals surface area contributed by atoms with E-state index in [2.05, 4.69) is 10.6 Å². The molecule has 0 spiro atoms. The van der Waals surface area contributed by atoms with Crippen LogP contribution in [-0.2, 0) is 63.6 Å². The molecule has 2 fully saturated rings. The van der Waals surface area contributed by atoms with E-state index >= 15 is 0 Å². The Balaban J connectivity index is 1.37. The van der Waals surface area contributed by atoms with Crippen molar-refractivity contribution in [3.63, 3.8) is 0 Å². The van der Waals surface area contributed by atoms with Crippen LogP contribution >= 0.6 is 11.6 Å². The summed E-state index contributed by atoms with van der Waals surface area (Å²) in [5, 5.41) is 17.3. The Hall–Kier alpha value is -4.63. The lowest BCUT2D eigenvalue weighted by Crippen LogP contribution is -2.63. The van der Waals surface area contributed by atoms with E-state index < -0.39 is 95.1 Å². The number of nitrogens with two attached hydrogens (primary N) is 1. The fourth-order valence-corrected chi connectivity index (χ4v) is 8.32. The van der Waals surface area contributed by atoms with Crippen LogP contribution in [0.3, 0.4) is 0 Å². The molecule has 2 saturated heterocycles. The molecule has 4 rings (SSSR count). The summed E-state index contributed by atoms with van der Waals surface area (Å²) in [7, 11) is 4.48. The highest BCUT2D eigenvalue weighted by Crippen LogP contribution is 2.49. The van der Waals surface area contributed by atoms with Gasteiger partial charge in [-0.3, -0.25) is 24.5 Å². The zero-order valence-electron chi connectivity index (χ0n) is 41.3. The van der Waals surface area contributed by atoms with Gasteiger partial charge in [-0.05, 0) is 78.5 Å². The third-order valence-electron chi connectivity index (χ3n) is 12.3. The lowest BCUT2D eigenvalue weighted by Gasteiger charge is -2.42. The summed E-state index contributed by atoms with van der Waals surface area (Å²) in [5.41, 5.74) is 5.21. The molecule has 9 atom stereocenters. The van der Waals surface area contributed by atoms with Gasteiger partial charge in [-0.15, -0.1) is 0 Å². The number of esters is 2. The van der Waals surface area contributed by atoms with Crippen molar-refractivity contribution in [1.82, 2.24) is 15.5 Å². The number of hydrogen-bond acceptors (Lipinski definition) is 15. The van der Waals surface area contributed by atoms with Gasteiger partial charge in [0.2, 0.25) is 17.7 Å². The SMILES string of the molecule is CO[C@@H]1/C=C/C=C(\C)Cc2cc(C)c(Cl)c(c2)N(C)C(=O)C[C@H](OC(=O)[C@H](C)N(C)C(=O)CCOCCOCCNC(=O)[C@@H](N)CCC(=O)OC(C)(C)C)[C@]2(C)OC2[C@H](C)[C@@H]2C[C@@]1(O)NC(=O)O2. The predicted octanol–water partition coefficient (Wildman–Crippen LogP) is 3.80. The van der Waals surface area contributed by atoms with Crippen LogP contribution in [0.4, 0.5) is 10.5 Å². The molecule has 3 aliphatic heterocycles. The molecule has 19 nitrogen and oxygen atoms in total. The number of halogens is 1. The maximum Gasteiger partial charge on any atom is 0.409 e. The summed E-state index contributed by atoms with van der Waals surface area (Å²) in [6.07, 6.45) is 0.908. The zero-order valence-corrected chi connectivity index (χ0v) is 42.1. The molecule has 3 aliphatic rings. The smallest absolute Gasteiger partial charge is 0.409 e. The number of amides is 4. The Morgan fingerprint density at radius 3 is 2.44 bits per heavy atom. The van der Waals surface area contributed by atoms with Gasteiger partial charge < -0.3 is 59.1 Å². The van der Waals surface area contributed by atoms with Crippen LogP contribution < -0.4 is 21.3 Å². The lowest BCUT2D eigenvalue weighted by molar-refractivity contribution is -0.162. The molecule has 1 unspecified atom stereocenters. The van der Waals surface area contributed by atoms with Crippen LogP contribution in [0.5, 0.6) is 0 Å². The van der Waals surface area contributed by atoms with Gasteiger partial charge in [-0.2, -0.15) is 0 Å². The highest BCUT2D eigenvalue weighted by Gasteiger charge is 2.64. The molecule has 0 aromatic heterocycles. The highest BCUT2D eigenvalue weighted by atomic mass is 35.5. The van der Waals surface area contributed by atoms with Crippen LogP contribution in [0, 0.1) is 12.8 Å². The molecular formula is C48H72ClN5O14. The van der Waals surface area contributed by atoms with Gasteiger partial charge in [0.25, 0.3) is 0 Å². The average Bonchev–Trinajstić information content (AvgIpc) is 3.96. The predicted molar refractivity (Wildman–Crippen MR) is 251 cm³/mol. The summed E-state index contributed by atoms with van der Waals surface area (Å²) in [4.78, 5) is 81.2. The number of carbonyl (C=O) groups is 6. The summed E-state index contributed by atoms with van der Waals surface area (Å²) < 4.78 is 40.0. The normalized spacial score (nSPS) is 27.5. The summed E-state index contributed by atoms with van der Waals surface area (Å²) in [5.74, 6) is -3.03. The number of nitrogens with one attached hydrogen (secondary N) is 2. The number of methoxy groups -OCH3 is 1. The van der Waals surface area contributed by atoms with Gasteiger partial charge in [-0.1, -0.05) is 48.4 Å². The number of aryl methyl sites for hydroxylation is 1. The minimum Gasteiger partial charge on any atom is -0.460 e. The second-order valence-corrected chi connectivity index (χ2v) is 19.4. The number of benzene rings is 1. The second-order valence-electron chi connectivity index (χ2n) is 19.0. The number of fused-ring (bicyclic) bond motifs is 5. The molecule has 5 N–H and O–H groups in total. The standard InChI is InChI=1S/C48H72ClN5O14/c1-28-13-12-14-36(62-11)48(61)27-35(65-45(60)52-48)30(3)42-47(8,68-42)37(26-39(56)54(10)34-25-32(23-28)24-29(2)41(34)49)66-44(59)31(4)53(9)38(55)17-19-63-21-22-64-20-18-51-43(58)33(50)15-16-40(57)67-46(5,6)7/h12-14,24-25,30-31,33,35-37,42,61H,15-23,26-27,50H2,1-11H3,(H,51,58)(H,52,60)/b14-12+,28-13+/t30-,31+,33+,35+,36-,37+,42?,47+,48+/m1/s1. The van der Waals surface area contributed by atoms with Crippen molar-refractivity contribution in [2.45, 2.75) is 147 Å². The second kappa shape index (κ2) is 24.3. The van der Waals surface area contributed by atoms with Crippen molar-refractivity contribution in [2.75, 3.05) is 59.1 Å². The van der Waals surface area contributed by atoms with Crippen molar-refractivity contribution in [2.24, 2.45) is 11.7 Å².